The first-order valence-corrected chi connectivity index (χ1v) is 5.39. The van der Waals surface area contributed by atoms with E-state index in [0.717, 1.165) is 11.3 Å². The van der Waals surface area contributed by atoms with E-state index in [1.807, 2.05) is 31.2 Å². The zero-order valence-electron chi connectivity index (χ0n) is 10.2. The van der Waals surface area contributed by atoms with Crippen LogP contribution in [0.5, 0.6) is 0 Å². The number of hydrogen-bond donors (Lipinski definition) is 3. The van der Waals surface area contributed by atoms with Gasteiger partial charge in [-0.2, -0.15) is 0 Å². The maximum absolute atomic E-state index is 11.6. The highest BCUT2D eigenvalue weighted by molar-refractivity contribution is 5.86. The highest BCUT2D eigenvalue weighted by Crippen LogP contribution is 2.14. The van der Waals surface area contributed by atoms with Gasteiger partial charge in [-0.1, -0.05) is 18.2 Å². The van der Waals surface area contributed by atoms with E-state index in [0.29, 0.717) is 0 Å². The highest BCUT2D eigenvalue weighted by atomic mass is 16.2. The molecule has 0 saturated heterocycles. The summed E-state index contributed by atoms with van der Waals surface area (Å²) in [6.07, 6.45) is 0. The Balaban J connectivity index is 2.54. The Hall–Kier alpha value is -2.04. The van der Waals surface area contributed by atoms with Gasteiger partial charge in [-0.25, -0.2) is 0 Å². The lowest BCUT2D eigenvalue weighted by atomic mass is 10.2. The van der Waals surface area contributed by atoms with E-state index in [2.05, 4.69) is 16.2 Å². The van der Waals surface area contributed by atoms with Crippen molar-refractivity contribution in [3.63, 3.8) is 0 Å². The molecular formula is C12H17N3O2. The van der Waals surface area contributed by atoms with Gasteiger partial charge in [0.05, 0.1) is 0 Å². The predicted molar refractivity (Wildman–Crippen MR) is 66.2 cm³/mol. The molecule has 5 nitrogen and oxygen atoms in total. The Morgan fingerprint density at radius 3 is 2.41 bits per heavy atom. The maximum atomic E-state index is 11.6. The van der Waals surface area contributed by atoms with Gasteiger partial charge < -0.3 is 5.32 Å². The zero-order valence-corrected chi connectivity index (χ0v) is 10.2. The second-order valence-corrected chi connectivity index (χ2v) is 3.85. The van der Waals surface area contributed by atoms with E-state index in [1.165, 1.54) is 6.92 Å². The standard InChI is InChI=1S/C12H17N3O2/c1-8-6-4-5-7-11(8)13-9(2)12(17)15-14-10(3)16/h4-7,9,13H,1-3H3,(H,14,16)(H,15,17). The Labute approximate surface area is 101 Å². The van der Waals surface area contributed by atoms with E-state index in [1.54, 1.807) is 6.92 Å². The number of benzene rings is 1. The number of hydrogen-bond acceptors (Lipinski definition) is 3. The van der Waals surface area contributed by atoms with Crippen LogP contribution in [0.1, 0.15) is 19.4 Å². The second kappa shape index (κ2) is 5.89. The number of anilines is 1. The SMILES string of the molecule is CC(=O)NNC(=O)C(C)Nc1ccccc1C. The van der Waals surface area contributed by atoms with Crippen LogP contribution in [0.4, 0.5) is 5.69 Å². The van der Waals surface area contributed by atoms with E-state index >= 15 is 0 Å². The molecule has 17 heavy (non-hydrogen) atoms. The fraction of sp³-hybridized carbons (Fsp3) is 0.333. The average Bonchev–Trinajstić information content (AvgIpc) is 2.28. The Bertz CT molecular complexity index is 418. The molecule has 1 unspecified atom stereocenters. The maximum Gasteiger partial charge on any atom is 0.260 e. The smallest absolute Gasteiger partial charge is 0.260 e. The normalized spacial score (nSPS) is 11.5. The number of hydrazine groups is 1. The summed E-state index contributed by atoms with van der Waals surface area (Å²) in [4.78, 5) is 22.2. The molecule has 0 aliphatic carbocycles. The van der Waals surface area contributed by atoms with Gasteiger partial charge in [0.15, 0.2) is 0 Å². The Morgan fingerprint density at radius 1 is 1.18 bits per heavy atom. The summed E-state index contributed by atoms with van der Waals surface area (Å²) in [5.41, 5.74) is 6.53. The fourth-order valence-corrected chi connectivity index (χ4v) is 1.29. The molecule has 1 aromatic carbocycles. The third-order valence-electron chi connectivity index (χ3n) is 2.27. The van der Waals surface area contributed by atoms with Crippen LogP contribution < -0.4 is 16.2 Å². The van der Waals surface area contributed by atoms with Crippen molar-refractivity contribution in [2.24, 2.45) is 0 Å². The number of nitrogens with one attached hydrogen (secondary N) is 3. The topological polar surface area (TPSA) is 70.2 Å². The quantitative estimate of drug-likeness (QED) is 0.683. The molecule has 0 aromatic heterocycles. The molecule has 92 valence electrons. The molecule has 0 fully saturated rings. The van der Waals surface area contributed by atoms with Crippen molar-refractivity contribution in [3.05, 3.63) is 29.8 Å². The summed E-state index contributed by atoms with van der Waals surface area (Å²) < 4.78 is 0. The van der Waals surface area contributed by atoms with Gasteiger partial charge in [0.1, 0.15) is 6.04 Å². The van der Waals surface area contributed by atoms with Gasteiger partial charge in [0.25, 0.3) is 5.91 Å². The average molecular weight is 235 g/mol. The van der Waals surface area contributed by atoms with Crippen LogP contribution >= 0.6 is 0 Å². The summed E-state index contributed by atoms with van der Waals surface area (Å²) >= 11 is 0. The van der Waals surface area contributed by atoms with Crippen molar-refractivity contribution in [3.8, 4) is 0 Å². The van der Waals surface area contributed by atoms with Crippen molar-refractivity contribution in [1.82, 2.24) is 10.9 Å². The Morgan fingerprint density at radius 2 is 1.82 bits per heavy atom. The fourth-order valence-electron chi connectivity index (χ4n) is 1.29. The molecular weight excluding hydrogens is 218 g/mol. The number of carbonyl (C=O) groups excluding carboxylic acids is 2. The van der Waals surface area contributed by atoms with Gasteiger partial charge in [-0.3, -0.25) is 20.4 Å². The molecule has 0 aliphatic rings. The second-order valence-electron chi connectivity index (χ2n) is 3.85. The summed E-state index contributed by atoms with van der Waals surface area (Å²) in [6.45, 7) is 5.02. The number of amides is 2. The molecule has 1 atom stereocenters. The molecule has 5 heteroatoms. The molecule has 3 N–H and O–H groups in total. The van der Waals surface area contributed by atoms with E-state index in [4.69, 9.17) is 0 Å². The molecule has 0 heterocycles. The van der Waals surface area contributed by atoms with Crippen molar-refractivity contribution in [2.75, 3.05) is 5.32 Å². The lowest BCUT2D eigenvalue weighted by Crippen LogP contribution is -2.47. The van der Waals surface area contributed by atoms with Gasteiger partial charge in [-0.05, 0) is 25.5 Å². The van der Waals surface area contributed by atoms with Crippen LogP contribution in [0.25, 0.3) is 0 Å². The zero-order chi connectivity index (χ0) is 12.8. The molecule has 1 rings (SSSR count). The van der Waals surface area contributed by atoms with Crippen LogP contribution in [0.2, 0.25) is 0 Å². The van der Waals surface area contributed by atoms with E-state index in [9.17, 15) is 9.59 Å². The first-order chi connectivity index (χ1) is 8.00. The molecule has 0 aliphatic heterocycles. The highest BCUT2D eigenvalue weighted by Gasteiger charge is 2.12. The largest absolute Gasteiger partial charge is 0.374 e. The number of para-hydroxylation sites is 1. The lowest BCUT2D eigenvalue weighted by Gasteiger charge is -2.16. The minimum Gasteiger partial charge on any atom is -0.374 e. The Kier molecular flexibility index (Phi) is 4.51. The van der Waals surface area contributed by atoms with Crippen LogP contribution in [-0.4, -0.2) is 17.9 Å². The third kappa shape index (κ3) is 4.14. The first kappa shape index (κ1) is 13.0. The van der Waals surface area contributed by atoms with Crippen LogP contribution in [0.3, 0.4) is 0 Å². The van der Waals surface area contributed by atoms with Gasteiger partial charge in [-0.15, -0.1) is 0 Å². The molecule has 0 saturated carbocycles. The van der Waals surface area contributed by atoms with Crippen LogP contribution in [0, 0.1) is 6.92 Å². The first-order valence-electron chi connectivity index (χ1n) is 5.39. The summed E-state index contributed by atoms with van der Waals surface area (Å²) in [5, 5.41) is 3.07. The lowest BCUT2D eigenvalue weighted by molar-refractivity contribution is -0.128. The number of aryl methyl sites for hydroxylation is 1. The van der Waals surface area contributed by atoms with E-state index < -0.39 is 6.04 Å². The van der Waals surface area contributed by atoms with Crippen LogP contribution in [0.15, 0.2) is 24.3 Å². The van der Waals surface area contributed by atoms with Crippen molar-refractivity contribution in [1.29, 1.82) is 0 Å². The number of rotatable bonds is 3. The van der Waals surface area contributed by atoms with Gasteiger partial charge in [0, 0.05) is 12.6 Å². The summed E-state index contributed by atoms with van der Waals surface area (Å²) in [7, 11) is 0. The summed E-state index contributed by atoms with van der Waals surface area (Å²) in [5.74, 6) is -0.593. The minimum atomic E-state index is -0.428. The molecule has 0 bridgehead atoms. The van der Waals surface area contributed by atoms with Crippen molar-refractivity contribution >= 4 is 17.5 Å². The van der Waals surface area contributed by atoms with Crippen LogP contribution in [-0.2, 0) is 9.59 Å². The monoisotopic (exact) mass is 235 g/mol. The molecule has 1 aromatic rings. The molecule has 2 amide bonds. The third-order valence-corrected chi connectivity index (χ3v) is 2.27. The number of carbonyl (C=O) groups is 2. The summed E-state index contributed by atoms with van der Waals surface area (Å²) in [6, 6.07) is 7.26. The van der Waals surface area contributed by atoms with E-state index in [-0.39, 0.29) is 11.8 Å². The van der Waals surface area contributed by atoms with Crippen molar-refractivity contribution < 1.29 is 9.59 Å². The molecule has 0 spiro atoms. The van der Waals surface area contributed by atoms with Gasteiger partial charge >= 0.3 is 0 Å². The predicted octanol–water partition coefficient (Wildman–Crippen LogP) is 0.963. The van der Waals surface area contributed by atoms with Gasteiger partial charge in [0.2, 0.25) is 5.91 Å². The van der Waals surface area contributed by atoms with Crippen molar-refractivity contribution in [2.45, 2.75) is 26.8 Å². The minimum absolute atomic E-state index is 0.288. The molecule has 0 radical (unpaired) electrons.